The highest BCUT2D eigenvalue weighted by molar-refractivity contribution is 9.10. The van der Waals surface area contributed by atoms with Crippen molar-refractivity contribution in [1.29, 1.82) is 0 Å². The van der Waals surface area contributed by atoms with Gasteiger partial charge in [-0.05, 0) is 47.6 Å². The van der Waals surface area contributed by atoms with Crippen molar-refractivity contribution in [2.75, 3.05) is 13.6 Å². The molecule has 1 heterocycles. The quantitative estimate of drug-likeness (QED) is 0.910. The number of hydrogen-bond donors (Lipinski definition) is 1. The molecule has 0 atom stereocenters. The summed E-state index contributed by atoms with van der Waals surface area (Å²) < 4.78 is 6.53. The first-order valence-corrected chi connectivity index (χ1v) is 5.41. The van der Waals surface area contributed by atoms with Gasteiger partial charge >= 0.3 is 0 Å². The molecule has 1 aromatic carbocycles. The first kappa shape index (κ1) is 9.74. The molecule has 2 aromatic rings. The van der Waals surface area contributed by atoms with Gasteiger partial charge in [0.15, 0.2) is 0 Å². The van der Waals surface area contributed by atoms with Crippen LogP contribution in [0.4, 0.5) is 0 Å². The van der Waals surface area contributed by atoms with Crippen LogP contribution in [-0.4, -0.2) is 13.6 Å². The van der Waals surface area contributed by atoms with Gasteiger partial charge in [-0.1, -0.05) is 12.1 Å². The molecule has 0 amide bonds. The Morgan fingerprint density at radius 3 is 3.07 bits per heavy atom. The third kappa shape index (κ3) is 1.70. The molecule has 0 aliphatic rings. The van der Waals surface area contributed by atoms with Crippen LogP contribution in [0, 0.1) is 0 Å². The Morgan fingerprint density at radius 2 is 2.29 bits per heavy atom. The average molecular weight is 254 g/mol. The lowest BCUT2D eigenvalue weighted by Gasteiger charge is -2.01. The van der Waals surface area contributed by atoms with Crippen molar-refractivity contribution < 1.29 is 4.42 Å². The molecular weight excluding hydrogens is 242 g/mol. The summed E-state index contributed by atoms with van der Waals surface area (Å²) in [5.74, 6) is 0. The molecule has 0 saturated carbocycles. The Morgan fingerprint density at radius 1 is 1.43 bits per heavy atom. The minimum absolute atomic E-state index is 0.970. The summed E-state index contributed by atoms with van der Waals surface area (Å²) in [4.78, 5) is 0. The predicted octanol–water partition coefficient (Wildman–Crippen LogP) is 2.96. The van der Waals surface area contributed by atoms with Gasteiger partial charge in [0.1, 0.15) is 11.8 Å². The molecule has 2 nitrogen and oxygen atoms in total. The van der Waals surface area contributed by atoms with Crippen molar-refractivity contribution in [3.8, 4) is 0 Å². The summed E-state index contributed by atoms with van der Waals surface area (Å²) in [6, 6.07) is 6.23. The second-order valence-electron chi connectivity index (χ2n) is 3.23. The van der Waals surface area contributed by atoms with Crippen molar-refractivity contribution in [3.05, 3.63) is 34.5 Å². The van der Waals surface area contributed by atoms with E-state index in [1.54, 1.807) is 6.26 Å². The van der Waals surface area contributed by atoms with Gasteiger partial charge in [-0.25, -0.2) is 0 Å². The molecule has 2 rings (SSSR count). The normalized spacial score (nSPS) is 11.0. The van der Waals surface area contributed by atoms with E-state index in [9.17, 15) is 0 Å². The van der Waals surface area contributed by atoms with Gasteiger partial charge in [-0.15, -0.1) is 0 Å². The number of halogens is 1. The number of para-hydroxylation sites is 1. The third-order valence-electron chi connectivity index (χ3n) is 2.28. The van der Waals surface area contributed by atoms with Crippen molar-refractivity contribution in [3.63, 3.8) is 0 Å². The van der Waals surface area contributed by atoms with E-state index in [1.807, 2.05) is 7.05 Å². The SMILES string of the molecule is CNCCc1cccc2c(Br)coc12. The predicted molar refractivity (Wildman–Crippen MR) is 61.5 cm³/mol. The summed E-state index contributed by atoms with van der Waals surface area (Å²) >= 11 is 3.46. The summed E-state index contributed by atoms with van der Waals surface area (Å²) in [7, 11) is 1.96. The second-order valence-corrected chi connectivity index (χ2v) is 4.09. The van der Waals surface area contributed by atoms with E-state index < -0.39 is 0 Å². The molecule has 0 unspecified atom stereocenters. The molecule has 0 saturated heterocycles. The molecular formula is C11H12BrNO. The van der Waals surface area contributed by atoms with Gasteiger partial charge in [0.2, 0.25) is 0 Å². The topological polar surface area (TPSA) is 25.2 Å². The van der Waals surface area contributed by atoms with Crippen LogP contribution < -0.4 is 5.32 Å². The lowest BCUT2D eigenvalue weighted by atomic mass is 10.1. The second kappa shape index (κ2) is 4.15. The van der Waals surface area contributed by atoms with Crippen LogP contribution >= 0.6 is 15.9 Å². The fraction of sp³-hybridized carbons (Fsp3) is 0.273. The number of benzene rings is 1. The summed E-state index contributed by atoms with van der Waals surface area (Å²) in [6.45, 7) is 0.970. The molecule has 0 bridgehead atoms. The molecule has 0 aliphatic carbocycles. The van der Waals surface area contributed by atoms with Crippen LogP contribution in [0.5, 0.6) is 0 Å². The van der Waals surface area contributed by atoms with Gasteiger partial charge in [0, 0.05) is 5.39 Å². The van der Waals surface area contributed by atoms with Crippen LogP contribution in [-0.2, 0) is 6.42 Å². The minimum atomic E-state index is 0.970. The summed E-state index contributed by atoms with van der Waals surface area (Å²) in [5, 5.41) is 4.29. The number of hydrogen-bond acceptors (Lipinski definition) is 2. The highest BCUT2D eigenvalue weighted by Crippen LogP contribution is 2.28. The highest BCUT2D eigenvalue weighted by atomic mass is 79.9. The zero-order valence-corrected chi connectivity index (χ0v) is 9.60. The first-order valence-electron chi connectivity index (χ1n) is 4.62. The maximum atomic E-state index is 5.50. The van der Waals surface area contributed by atoms with Crippen molar-refractivity contribution >= 4 is 26.9 Å². The maximum Gasteiger partial charge on any atom is 0.138 e. The molecule has 1 N–H and O–H groups in total. The Labute approximate surface area is 91.4 Å². The molecule has 0 radical (unpaired) electrons. The van der Waals surface area contributed by atoms with E-state index >= 15 is 0 Å². The van der Waals surface area contributed by atoms with Crippen molar-refractivity contribution in [2.24, 2.45) is 0 Å². The van der Waals surface area contributed by atoms with Crippen LogP contribution in [0.15, 0.2) is 33.4 Å². The first-order chi connectivity index (χ1) is 6.83. The Bertz CT molecular complexity index is 436. The zero-order chi connectivity index (χ0) is 9.97. The fourth-order valence-electron chi connectivity index (χ4n) is 1.54. The van der Waals surface area contributed by atoms with E-state index in [0.29, 0.717) is 0 Å². The van der Waals surface area contributed by atoms with Gasteiger partial charge in [0.05, 0.1) is 4.47 Å². The Hall–Kier alpha value is -0.800. The van der Waals surface area contributed by atoms with E-state index in [1.165, 1.54) is 5.56 Å². The average Bonchev–Trinajstić information content (AvgIpc) is 2.58. The lowest BCUT2D eigenvalue weighted by Crippen LogP contribution is -2.10. The maximum absolute atomic E-state index is 5.50. The molecule has 0 spiro atoms. The lowest BCUT2D eigenvalue weighted by molar-refractivity contribution is 0.607. The minimum Gasteiger partial charge on any atom is -0.463 e. The molecule has 3 heteroatoms. The molecule has 14 heavy (non-hydrogen) atoms. The van der Waals surface area contributed by atoms with Crippen LogP contribution in [0.2, 0.25) is 0 Å². The number of fused-ring (bicyclic) bond motifs is 1. The third-order valence-corrected chi connectivity index (χ3v) is 2.89. The Kier molecular flexibility index (Phi) is 2.89. The van der Waals surface area contributed by atoms with Crippen molar-refractivity contribution in [1.82, 2.24) is 5.32 Å². The fourth-order valence-corrected chi connectivity index (χ4v) is 1.95. The molecule has 74 valence electrons. The Balaban J connectivity index is 2.44. The molecule has 1 aromatic heterocycles. The van der Waals surface area contributed by atoms with E-state index in [4.69, 9.17) is 4.42 Å². The number of nitrogens with one attached hydrogen (secondary N) is 1. The summed E-state index contributed by atoms with van der Waals surface area (Å²) in [6.07, 6.45) is 2.74. The molecule has 0 aliphatic heterocycles. The number of likely N-dealkylation sites (N-methyl/N-ethyl adjacent to an activating group) is 1. The summed E-state index contributed by atoms with van der Waals surface area (Å²) in [5.41, 5.74) is 2.25. The highest BCUT2D eigenvalue weighted by Gasteiger charge is 2.06. The van der Waals surface area contributed by atoms with Gasteiger partial charge in [-0.3, -0.25) is 0 Å². The number of rotatable bonds is 3. The standard InChI is InChI=1S/C11H12BrNO/c1-13-6-5-8-3-2-4-9-10(12)7-14-11(8)9/h2-4,7,13H,5-6H2,1H3. The van der Waals surface area contributed by atoms with Gasteiger partial charge in [0.25, 0.3) is 0 Å². The molecule has 0 fully saturated rings. The number of furan rings is 1. The monoisotopic (exact) mass is 253 g/mol. The van der Waals surface area contributed by atoms with E-state index in [-0.39, 0.29) is 0 Å². The van der Waals surface area contributed by atoms with Crippen LogP contribution in [0.1, 0.15) is 5.56 Å². The van der Waals surface area contributed by atoms with Gasteiger partial charge in [-0.2, -0.15) is 0 Å². The largest absolute Gasteiger partial charge is 0.463 e. The van der Waals surface area contributed by atoms with Gasteiger partial charge < -0.3 is 9.73 Å². The smallest absolute Gasteiger partial charge is 0.138 e. The van der Waals surface area contributed by atoms with Crippen LogP contribution in [0.25, 0.3) is 11.0 Å². The van der Waals surface area contributed by atoms with Crippen molar-refractivity contribution in [2.45, 2.75) is 6.42 Å². The zero-order valence-electron chi connectivity index (χ0n) is 8.01. The van der Waals surface area contributed by atoms with Crippen LogP contribution in [0.3, 0.4) is 0 Å². The van der Waals surface area contributed by atoms with E-state index in [2.05, 4.69) is 39.4 Å². The van der Waals surface area contributed by atoms with E-state index in [0.717, 1.165) is 28.4 Å².